The summed E-state index contributed by atoms with van der Waals surface area (Å²) in [7, 11) is 1.64. The molecule has 18 heavy (non-hydrogen) atoms. The highest BCUT2D eigenvalue weighted by atomic mass is 16.5. The molecule has 1 aromatic rings. The molecule has 0 fully saturated rings. The van der Waals surface area contributed by atoms with Crippen LogP contribution in [0, 0.1) is 17.8 Å². The van der Waals surface area contributed by atoms with E-state index in [4.69, 9.17) is 15.2 Å². The number of benzene rings is 1. The predicted octanol–water partition coefficient (Wildman–Crippen LogP) is 3.58. The van der Waals surface area contributed by atoms with Crippen LogP contribution in [0.1, 0.15) is 27.7 Å². The van der Waals surface area contributed by atoms with E-state index in [1.54, 1.807) is 7.11 Å². The van der Waals surface area contributed by atoms with Gasteiger partial charge in [-0.05, 0) is 29.9 Å². The number of nitrogens with two attached hydrogens (primary N) is 1. The molecule has 0 unspecified atom stereocenters. The first kappa shape index (κ1) is 14.7. The lowest BCUT2D eigenvalue weighted by molar-refractivity contribution is 0.162. The van der Waals surface area contributed by atoms with Crippen LogP contribution in [0.25, 0.3) is 0 Å². The Kier molecular flexibility index (Phi) is 5.32. The highest BCUT2D eigenvalue weighted by molar-refractivity contribution is 5.51. The molecule has 0 spiro atoms. The second-order valence-corrected chi connectivity index (χ2v) is 5.37. The molecule has 0 saturated carbocycles. The van der Waals surface area contributed by atoms with Gasteiger partial charge in [0.2, 0.25) is 0 Å². The van der Waals surface area contributed by atoms with Gasteiger partial charge in [0.1, 0.15) is 0 Å². The molecule has 0 radical (unpaired) electrons. The summed E-state index contributed by atoms with van der Waals surface area (Å²) in [5, 5.41) is 0. The van der Waals surface area contributed by atoms with Crippen molar-refractivity contribution in [3.63, 3.8) is 0 Å². The van der Waals surface area contributed by atoms with E-state index < -0.39 is 0 Å². The van der Waals surface area contributed by atoms with Crippen molar-refractivity contribution in [2.24, 2.45) is 17.8 Å². The smallest absolute Gasteiger partial charge is 0.163 e. The van der Waals surface area contributed by atoms with Crippen LogP contribution in [-0.2, 0) is 0 Å². The number of methoxy groups -OCH3 is 1. The molecule has 3 heteroatoms. The van der Waals surface area contributed by atoms with Gasteiger partial charge in [-0.2, -0.15) is 0 Å². The minimum atomic E-state index is 0.524. The van der Waals surface area contributed by atoms with Crippen molar-refractivity contribution in [3.8, 4) is 11.5 Å². The maximum absolute atomic E-state index is 5.89. The molecule has 0 bridgehead atoms. The summed E-state index contributed by atoms with van der Waals surface area (Å²) in [5.74, 6) is 3.17. The van der Waals surface area contributed by atoms with Gasteiger partial charge in [0.15, 0.2) is 11.5 Å². The van der Waals surface area contributed by atoms with Crippen molar-refractivity contribution < 1.29 is 9.47 Å². The summed E-state index contributed by atoms with van der Waals surface area (Å²) < 4.78 is 11.2. The number of anilines is 1. The Hall–Kier alpha value is -1.38. The number of nitrogen functional groups attached to an aromatic ring is 1. The Morgan fingerprint density at radius 3 is 2.17 bits per heavy atom. The van der Waals surface area contributed by atoms with Crippen molar-refractivity contribution in [1.82, 2.24) is 0 Å². The molecule has 0 aliphatic heterocycles. The van der Waals surface area contributed by atoms with E-state index in [-0.39, 0.29) is 0 Å². The summed E-state index contributed by atoms with van der Waals surface area (Å²) in [6.45, 7) is 9.60. The van der Waals surface area contributed by atoms with Gasteiger partial charge in [0.25, 0.3) is 0 Å². The summed E-state index contributed by atoms with van der Waals surface area (Å²) >= 11 is 0. The highest BCUT2D eigenvalue weighted by Gasteiger charge is 2.19. The fourth-order valence-corrected chi connectivity index (χ4v) is 2.15. The Morgan fingerprint density at radius 2 is 1.67 bits per heavy atom. The summed E-state index contributed by atoms with van der Waals surface area (Å²) in [6, 6.07) is 5.47. The van der Waals surface area contributed by atoms with E-state index in [9.17, 15) is 0 Å². The van der Waals surface area contributed by atoms with E-state index >= 15 is 0 Å². The summed E-state index contributed by atoms with van der Waals surface area (Å²) in [4.78, 5) is 0. The zero-order chi connectivity index (χ0) is 13.7. The molecule has 0 aromatic heterocycles. The molecule has 0 amide bonds. The fraction of sp³-hybridized carbons (Fsp3) is 0.600. The number of rotatable bonds is 6. The Bertz CT molecular complexity index is 367. The van der Waals surface area contributed by atoms with Gasteiger partial charge < -0.3 is 15.2 Å². The van der Waals surface area contributed by atoms with E-state index in [1.807, 2.05) is 18.2 Å². The van der Waals surface area contributed by atoms with Crippen molar-refractivity contribution in [2.45, 2.75) is 27.7 Å². The van der Waals surface area contributed by atoms with E-state index in [2.05, 4.69) is 27.7 Å². The SMILES string of the molecule is COc1ccc(N)cc1OCC(C(C)C)C(C)C. The van der Waals surface area contributed by atoms with E-state index in [1.165, 1.54) is 0 Å². The number of ether oxygens (including phenoxy) is 2. The molecular formula is C15H25NO2. The van der Waals surface area contributed by atoms with Gasteiger partial charge >= 0.3 is 0 Å². The largest absolute Gasteiger partial charge is 0.493 e. The lowest BCUT2D eigenvalue weighted by Gasteiger charge is -2.25. The van der Waals surface area contributed by atoms with Crippen LogP contribution in [0.15, 0.2) is 18.2 Å². The van der Waals surface area contributed by atoms with Crippen LogP contribution in [-0.4, -0.2) is 13.7 Å². The van der Waals surface area contributed by atoms with Crippen LogP contribution in [0.2, 0.25) is 0 Å². The summed E-state index contributed by atoms with van der Waals surface area (Å²) in [5.41, 5.74) is 6.46. The Balaban J connectivity index is 2.75. The summed E-state index contributed by atoms with van der Waals surface area (Å²) in [6.07, 6.45) is 0. The first-order valence-corrected chi connectivity index (χ1v) is 6.52. The van der Waals surface area contributed by atoms with Crippen molar-refractivity contribution in [2.75, 3.05) is 19.5 Å². The third-order valence-electron chi connectivity index (χ3n) is 3.33. The molecule has 2 N–H and O–H groups in total. The van der Waals surface area contributed by atoms with Crippen LogP contribution in [0.4, 0.5) is 5.69 Å². The Morgan fingerprint density at radius 1 is 1.06 bits per heavy atom. The molecular weight excluding hydrogens is 226 g/mol. The normalized spacial score (nSPS) is 11.3. The zero-order valence-electron chi connectivity index (χ0n) is 12.1. The predicted molar refractivity (Wildman–Crippen MR) is 76.1 cm³/mol. The molecule has 3 nitrogen and oxygen atoms in total. The molecule has 0 saturated heterocycles. The van der Waals surface area contributed by atoms with Gasteiger partial charge in [-0.25, -0.2) is 0 Å². The first-order chi connectivity index (χ1) is 8.45. The van der Waals surface area contributed by atoms with Crippen molar-refractivity contribution >= 4 is 5.69 Å². The monoisotopic (exact) mass is 251 g/mol. The molecule has 0 aliphatic rings. The average Bonchev–Trinajstić information content (AvgIpc) is 2.28. The minimum Gasteiger partial charge on any atom is -0.493 e. The van der Waals surface area contributed by atoms with Gasteiger partial charge in [-0.15, -0.1) is 0 Å². The first-order valence-electron chi connectivity index (χ1n) is 6.52. The van der Waals surface area contributed by atoms with Crippen LogP contribution in [0.3, 0.4) is 0 Å². The average molecular weight is 251 g/mol. The molecule has 0 heterocycles. The maximum Gasteiger partial charge on any atom is 0.163 e. The number of hydrogen-bond acceptors (Lipinski definition) is 3. The van der Waals surface area contributed by atoms with Crippen LogP contribution in [0.5, 0.6) is 11.5 Å². The quantitative estimate of drug-likeness (QED) is 0.786. The van der Waals surface area contributed by atoms with E-state index in [0.717, 1.165) is 11.5 Å². The fourth-order valence-electron chi connectivity index (χ4n) is 2.15. The maximum atomic E-state index is 5.89. The van der Waals surface area contributed by atoms with Crippen LogP contribution >= 0.6 is 0 Å². The second-order valence-electron chi connectivity index (χ2n) is 5.37. The highest BCUT2D eigenvalue weighted by Crippen LogP contribution is 2.30. The second kappa shape index (κ2) is 6.53. The molecule has 1 rings (SSSR count). The lowest BCUT2D eigenvalue weighted by atomic mass is 9.86. The molecule has 102 valence electrons. The molecule has 0 atom stereocenters. The molecule has 1 aromatic carbocycles. The molecule has 0 aliphatic carbocycles. The minimum absolute atomic E-state index is 0.524. The van der Waals surface area contributed by atoms with Crippen molar-refractivity contribution in [1.29, 1.82) is 0 Å². The standard InChI is InChI=1S/C15H25NO2/c1-10(2)13(11(3)4)9-18-15-8-12(16)6-7-14(15)17-5/h6-8,10-11,13H,9,16H2,1-5H3. The van der Waals surface area contributed by atoms with Gasteiger partial charge in [0.05, 0.1) is 13.7 Å². The third-order valence-corrected chi connectivity index (χ3v) is 3.33. The van der Waals surface area contributed by atoms with Gasteiger partial charge in [-0.3, -0.25) is 0 Å². The topological polar surface area (TPSA) is 44.5 Å². The van der Waals surface area contributed by atoms with Crippen LogP contribution < -0.4 is 15.2 Å². The lowest BCUT2D eigenvalue weighted by Crippen LogP contribution is -2.23. The van der Waals surface area contributed by atoms with Crippen molar-refractivity contribution in [3.05, 3.63) is 18.2 Å². The third kappa shape index (κ3) is 3.83. The van der Waals surface area contributed by atoms with E-state index in [0.29, 0.717) is 30.0 Å². The van der Waals surface area contributed by atoms with Gasteiger partial charge in [-0.1, -0.05) is 27.7 Å². The number of hydrogen-bond donors (Lipinski definition) is 1. The van der Waals surface area contributed by atoms with Gasteiger partial charge in [0, 0.05) is 11.8 Å². The zero-order valence-corrected chi connectivity index (χ0v) is 12.1. The Labute approximate surface area is 110 Å².